The van der Waals surface area contributed by atoms with Crippen LogP contribution in [0, 0.1) is 22.7 Å². The lowest BCUT2D eigenvalue weighted by molar-refractivity contribution is 0.553. The zero-order valence-electron chi connectivity index (χ0n) is 6.40. The first-order valence-electron chi connectivity index (χ1n) is 4.87. The Bertz CT molecular complexity index is 180. The van der Waals surface area contributed by atoms with Crippen molar-refractivity contribution in [2.45, 2.75) is 38.5 Å². The zero-order chi connectivity index (χ0) is 6.40. The van der Waals surface area contributed by atoms with E-state index >= 15 is 0 Å². The lowest BCUT2D eigenvalue weighted by Crippen LogP contribution is -1.85. The largest absolute Gasteiger partial charge is 0.0496 e. The highest BCUT2D eigenvalue weighted by Gasteiger charge is 2.89. The van der Waals surface area contributed by atoms with E-state index in [4.69, 9.17) is 0 Å². The van der Waals surface area contributed by atoms with Gasteiger partial charge in [-0.05, 0) is 61.2 Å². The van der Waals surface area contributed by atoms with Crippen LogP contribution in [0.3, 0.4) is 0 Å². The Labute approximate surface area is 62.0 Å². The fourth-order valence-corrected chi connectivity index (χ4v) is 3.65. The van der Waals surface area contributed by atoms with Crippen LogP contribution in [0.4, 0.5) is 0 Å². The predicted molar refractivity (Wildman–Crippen MR) is 39.5 cm³/mol. The molecule has 0 nitrogen and oxygen atoms in total. The molecule has 0 atom stereocenters. The summed E-state index contributed by atoms with van der Waals surface area (Å²) in [6.07, 6.45) is 9.69. The van der Waals surface area contributed by atoms with E-state index in [9.17, 15) is 0 Å². The second-order valence-corrected chi connectivity index (χ2v) is 5.21. The van der Waals surface area contributed by atoms with Crippen molar-refractivity contribution in [1.29, 1.82) is 0 Å². The molecule has 0 unspecified atom stereocenters. The molecular weight excluding hydrogens is 120 g/mol. The Kier molecular flexibility index (Phi) is 0.479. The molecule has 4 fully saturated rings. The van der Waals surface area contributed by atoms with Crippen molar-refractivity contribution in [1.82, 2.24) is 0 Å². The lowest BCUT2D eigenvalue weighted by Gasteiger charge is -1.94. The maximum Gasteiger partial charge on any atom is -0.0198 e. The second-order valence-electron chi connectivity index (χ2n) is 5.21. The van der Waals surface area contributed by atoms with Crippen LogP contribution in [0.2, 0.25) is 0 Å². The number of rotatable bonds is 2. The Morgan fingerprint density at radius 2 is 1.10 bits per heavy atom. The molecule has 0 aromatic heterocycles. The maximum atomic E-state index is 1.66. The number of hydrogen-bond acceptors (Lipinski definition) is 0. The van der Waals surface area contributed by atoms with Crippen molar-refractivity contribution in [2.24, 2.45) is 22.7 Å². The van der Waals surface area contributed by atoms with Crippen molar-refractivity contribution in [3.8, 4) is 0 Å². The number of fused-ring (bicyclic) bond motifs is 1. The molecule has 0 bridgehead atoms. The van der Waals surface area contributed by atoms with Crippen molar-refractivity contribution < 1.29 is 0 Å². The average molecular weight is 134 g/mol. The SMILES string of the molecule is C1CC1C12CC1(C1CC1)C2. The van der Waals surface area contributed by atoms with E-state index in [0.29, 0.717) is 0 Å². The summed E-state index contributed by atoms with van der Waals surface area (Å²) in [6, 6.07) is 0. The van der Waals surface area contributed by atoms with Gasteiger partial charge in [0.15, 0.2) is 0 Å². The van der Waals surface area contributed by atoms with E-state index in [1.54, 1.807) is 38.5 Å². The van der Waals surface area contributed by atoms with Gasteiger partial charge in [0.25, 0.3) is 0 Å². The molecule has 0 N–H and O–H groups in total. The van der Waals surface area contributed by atoms with Gasteiger partial charge in [-0.2, -0.15) is 0 Å². The molecule has 0 amide bonds. The summed E-state index contributed by atoms with van der Waals surface area (Å²) in [5.41, 5.74) is 2.02. The Hall–Kier alpha value is 0. The monoisotopic (exact) mass is 134 g/mol. The highest BCUT2D eigenvalue weighted by atomic mass is 14.9. The highest BCUT2D eigenvalue weighted by molar-refractivity contribution is 5.37. The van der Waals surface area contributed by atoms with Crippen molar-refractivity contribution in [3.05, 3.63) is 0 Å². The third kappa shape index (κ3) is 0.320. The maximum absolute atomic E-state index is 1.66. The van der Waals surface area contributed by atoms with Gasteiger partial charge in [0, 0.05) is 0 Å². The second kappa shape index (κ2) is 1.00. The summed E-state index contributed by atoms with van der Waals surface area (Å²) in [4.78, 5) is 0. The van der Waals surface area contributed by atoms with Gasteiger partial charge in [-0.1, -0.05) is 0 Å². The van der Waals surface area contributed by atoms with E-state index in [2.05, 4.69) is 0 Å². The molecule has 4 aliphatic carbocycles. The summed E-state index contributed by atoms with van der Waals surface area (Å²) in [5.74, 6) is 2.46. The van der Waals surface area contributed by atoms with Gasteiger partial charge in [0.05, 0.1) is 0 Å². The molecule has 0 aromatic rings. The molecule has 0 saturated heterocycles. The van der Waals surface area contributed by atoms with Crippen molar-refractivity contribution in [3.63, 3.8) is 0 Å². The minimum atomic E-state index is 1.01. The molecule has 4 rings (SSSR count). The Morgan fingerprint density at radius 3 is 1.40 bits per heavy atom. The molecule has 4 saturated carbocycles. The van der Waals surface area contributed by atoms with Gasteiger partial charge in [0.2, 0.25) is 0 Å². The standard InChI is InChI=1S/C10H14/c1-2-7(1)9-5-10(9,6-9)8-3-4-8/h7-8H,1-6H2. The Balaban J connectivity index is 1.67. The summed E-state index contributed by atoms with van der Waals surface area (Å²) in [6.45, 7) is 0. The summed E-state index contributed by atoms with van der Waals surface area (Å²) < 4.78 is 0. The van der Waals surface area contributed by atoms with Crippen LogP contribution in [0.5, 0.6) is 0 Å². The van der Waals surface area contributed by atoms with Gasteiger partial charge in [-0.3, -0.25) is 0 Å². The quantitative estimate of drug-likeness (QED) is 0.544. The first-order chi connectivity index (χ1) is 4.87. The molecule has 0 aromatic carbocycles. The van der Waals surface area contributed by atoms with Crippen LogP contribution in [-0.2, 0) is 0 Å². The normalized spacial score (nSPS) is 63.6. The molecule has 0 heterocycles. The van der Waals surface area contributed by atoms with Gasteiger partial charge in [-0.15, -0.1) is 0 Å². The van der Waals surface area contributed by atoms with E-state index in [-0.39, 0.29) is 0 Å². The van der Waals surface area contributed by atoms with Gasteiger partial charge in [0.1, 0.15) is 0 Å². The predicted octanol–water partition coefficient (Wildman–Crippen LogP) is 2.59. The summed E-state index contributed by atoms with van der Waals surface area (Å²) in [5, 5.41) is 0. The van der Waals surface area contributed by atoms with Crippen LogP contribution in [0.25, 0.3) is 0 Å². The van der Waals surface area contributed by atoms with Gasteiger partial charge in [-0.25, -0.2) is 0 Å². The van der Waals surface area contributed by atoms with E-state index in [0.717, 1.165) is 10.8 Å². The molecule has 0 aliphatic heterocycles. The van der Waals surface area contributed by atoms with Crippen molar-refractivity contribution >= 4 is 0 Å². The molecule has 10 heavy (non-hydrogen) atoms. The lowest BCUT2D eigenvalue weighted by atomic mass is 10.1. The fourth-order valence-electron chi connectivity index (χ4n) is 3.65. The zero-order valence-corrected chi connectivity index (χ0v) is 6.40. The Morgan fingerprint density at radius 1 is 0.700 bits per heavy atom. The third-order valence-corrected chi connectivity index (χ3v) is 4.72. The van der Waals surface area contributed by atoms with E-state index in [1.165, 1.54) is 11.8 Å². The number of hydrogen-bond donors (Lipinski definition) is 0. The topological polar surface area (TPSA) is 0 Å². The molecule has 0 radical (unpaired) electrons. The fraction of sp³-hybridized carbons (Fsp3) is 1.00. The van der Waals surface area contributed by atoms with Crippen LogP contribution in [-0.4, -0.2) is 0 Å². The minimum Gasteiger partial charge on any atom is -0.0496 e. The molecule has 0 heteroatoms. The summed E-state index contributed by atoms with van der Waals surface area (Å²) >= 11 is 0. The van der Waals surface area contributed by atoms with Gasteiger partial charge < -0.3 is 0 Å². The summed E-state index contributed by atoms with van der Waals surface area (Å²) in [7, 11) is 0. The van der Waals surface area contributed by atoms with E-state index in [1.807, 2.05) is 0 Å². The smallest absolute Gasteiger partial charge is 0.0198 e. The highest BCUT2D eigenvalue weighted by Crippen LogP contribution is 2.96. The van der Waals surface area contributed by atoms with Crippen LogP contribution in [0.1, 0.15) is 38.5 Å². The first-order valence-corrected chi connectivity index (χ1v) is 4.87. The molecular formula is C10H14. The third-order valence-electron chi connectivity index (χ3n) is 4.72. The molecule has 54 valence electrons. The van der Waals surface area contributed by atoms with Crippen molar-refractivity contribution in [2.75, 3.05) is 0 Å². The molecule has 4 aliphatic rings. The van der Waals surface area contributed by atoms with Crippen LogP contribution in [0.15, 0.2) is 0 Å². The van der Waals surface area contributed by atoms with Gasteiger partial charge >= 0.3 is 0 Å². The van der Waals surface area contributed by atoms with Crippen LogP contribution < -0.4 is 0 Å². The average Bonchev–Trinajstić information content (AvgIpc) is 2.62. The first kappa shape index (κ1) is 4.79. The van der Waals surface area contributed by atoms with E-state index < -0.39 is 0 Å². The molecule has 0 spiro atoms. The van der Waals surface area contributed by atoms with Crippen LogP contribution >= 0.6 is 0 Å². The minimum absolute atomic E-state index is 1.01.